The summed E-state index contributed by atoms with van der Waals surface area (Å²) in [6.07, 6.45) is 0. The molecule has 0 spiro atoms. The van der Waals surface area contributed by atoms with Crippen molar-refractivity contribution in [2.45, 2.75) is 26.2 Å². The highest BCUT2D eigenvalue weighted by atomic mass is 32.1. The zero-order valence-electron chi connectivity index (χ0n) is 26.5. The van der Waals surface area contributed by atoms with Gasteiger partial charge in [0.05, 0.1) is 5.69 Å². The zero-order chi connectivity index (χ0) is 31.4. The average Bonchev–Trinajstić information content (AvgIpc) is 3.65. The fraction of sp³-hybridized carbons (Fsp3) is 0.0909. The molecular formula is C44H31NS2. The molecule has 8 aromatic carbocycles. The van der Waals surface area contributed by atoms with E-state index in [4.69, 9.17) is 0 Å². The van der Waals surface area contributed by atoms with Gasteiger partial charge in [0.2, 0.25) is 0 Å². The van der Waals surface area contributed by atoms with Gasteiger partial charge in [0.15, 0.2) is 0 Å². The molecule has 2 aromatic heterocycles. The third-order valence-electron chi connectivity index (χ3n) is 9.93. The van der Waals surface area contributed by atoms with E-state index in [-0.39, 0.29) is 5.41 Å². The summed E-state index contributed by atoms with van der Waals surface area (Å²) < 4.78 is 5.29. The molecule has 0 aliphatic heterocycles. The van der Waals surface area contributed by atoms with Crippen molar-refractivity contribution in [1.29, 1.82) is 0 Å². The molecule has 0 fully saturated rings. The van der Waals surface area contributed by atoms with Crippen molar-refractivity contribution in [3.63, 3.8) is 0 Å². The first-order valence-corrected chi connectivity index (χ1v) is 17.9. The molecule has 0 aliphatic rings. The number of hydrogen-bond acceptors (Lipinski definition) is 3. The van der Waals surface area contributed by atoms with Crippen molar-refractivity contribution in [2.75, 3.05) is 4.90 Å². The maximum atomic E-state index is 2.49. The fourth-order valence-corrected chi connectivity index (χ4v) is 9.94. The van der Waals surface area contributed by atoms with E-state index in [9.17, 15) is 0 Å². The summed E-state index contributed by atoms with van der Waals surface area (Å²) in [5.41, 5.74) is 4.99. The van der Waals surface area contributed by atoms with E-state index in [1.165, 1.54) is 95.3 Å². The summed E-state index contributed by atoms with van der Waals surface area (Å²) in [5.74, 6) is 0. The molecule has 47 heavy (non-hydrogen) atoms. The second-order valence-electron chi connectivity index (χ2n) is 13.8. The highest BCUT2D eigenvalue weighted by Gasteiger charge is 2.23. The van der Waals surface area contributed by atoms with Gasteiger partial charge in [0, 0.05) is 57.1 Å². The van der Waals surface area contributed by atoms with Crippen LogP contribution in [-0.4, -0.2) is 0 Å². The monoisotopic (exact) mass is 637 g/mol. The molecular weight excluding hydrogens is 607 g/mol. The van der Waals surface area contributed by atoms with Crippen LogP contribution < -0.4 is 4.90 Å². The smallest absolute Gasteiger partial charge is 0.0540 e. The van der Waals surface area contributed by atoms with Crippen molar-refractivity contribution >= 4 is 112 Å². The molecule has 0 aliphatic carbocycles. The molecule has 3 heteroatoms. The number of anilines is 3. The van der Waals surface area contributed by atoms with Gasteiger partial charge in [0.1, 0.15) is 0 Å². The Labute approximate surface area is 281 Å². The molecule has 10 rings (SSSR count). The Hall–Kier alpha value is -4.96. The maximum Gasteiger partial charge on any atom is 0.0540 e. The summed E-state index contributed by atoms with van der Waals surface area (Å²) in [4.78, 5) is 2.49. The Morgan fingerprint density at radius 3 is 1.51 bits per heavy atom. The third kappa shape index (κ3) is 4.00. The lowest BCUT2D eigenvalue weighted by atomic mass is 9.81. The quantitative estimate of drug-likeness (QED) is 0.174. The first-order chi connectivity index (χ1) is 22.9. The minimum absolute atomic E-state index is 0.0502. The number of thiophene rings is 2. The number of nitrogens with zero attached hydrogens (tertiary/aromatic N) is 1. The minimum atomic E-state index is 0.0502. The van der Waals surface area contributed by atoms with Crippen LogP contribution in [0.4, 0.5) is 17.1 Å². The second-order valence-corrected chi connectivity index (χ2v) is 15.9. The van der Waals surface area contributed by atoms with Crippen LogP contribution in [0.25, 0.3) is 72.7 Å². The number of rotatable bonds is 3. The lowest BCUT2D eigenvalue weighted by molar-refractivity contribution is 0.596. The van der Waals surface area contributed by atoms with Crippen molar-refractivity contribution in [2.24, 2.45) is 0 Å². The Balaban J connectivity index is 1.30. The van der Waals surface area contributed by atoms with Crippen molar-refractivity contribution < 1.29 is 0 Å². The molecule has 0 saturated heterocycles. The number of hydrogen-bond donors (Lipinski definition) is 0. The van der Waals surface area contributed by atoms with Crippen molar-refractivity contribution in [3.8, 4) is 0 Å². The van der Waals surface area contributed by atoms with Gasteiger partial charge in [-0.15, -0.1) is 22.7 Å². The Bertz CT molecular complexity index is 2730. The maximum absolute atomic E-state index is 2.49. The summed E-state index contributed by atoms with van der Waals surface area (Å²) >= 11 is 3.74. The van der Waals surface area contributed by atoms with E-state index in [2.05, 4.69) is 159 Å². The van der Waals surface area contributed by atoms with Crippen LogP contribution in [0.5, 0.6) is 0 Å². The van der Waals surface area contributed by atoms with Gasteiger partial charge >= 0.3 is 0 Å². The van der Waals surface area contributed by atoms with Gasteiger partial charge in [-0.3, -0.25) is 0 Å². The van der Waals surface area contributed by atoms with Gasteiger partial charge in [-0.2, -0.15) is 0 Å². The first kappa shape index (κ1) is 27.2. The molecule has 0 bridgehead atoms. The average molecular weight is 638 g/mol. The third-order valence-corrected chi connectivity index (χ3v) is 12.2. The Kier molecular flexibility index (Phi) is 5.65. The predicted molar refractivity (Wildman–Crippen MR) is 209 cm³/mol. The van der Waals surface area contributed by atoms with Crippen LogP contribution in [0, 0.1) is 0 Å². The van der Waals surface area contributed by atoms with Crippen LogP contribution in [0.15, 0.2) is 133 Å². The lowest BCUT2D eigenvalue weighted by Crippen LogP contribution is -2.12. The SMILES string of the molecule is CC(C)(C)c1ccc2ccc3c(N(c4ccc5sc6ccccc6c5c4)c4ccc5sc6ccccc6c5c4)ccc4ccc1c2c43. The van der Waals surface area contributed by atoms with Gasteiger partial charge < -0.3 is 4.90 Å². The summed E-state index contributed by atoms with van der Waals surface area (Å²) in [5, 5.41) is 13.2. The van der Waals surface area contributed by atoms with Crippen LogP contribution in [0.1, 0.15) is 26.3 Å². The molecule has 0 atom stereocenters. The van der Waals surface area contributed by atoms with Gasteiger partial charge in [-0.1, -0.05) is 99.6 Å². The highest BCUT2D eigenvalue weighted by molar-refractivity contribution is 7.26. The molecule has 10 aromatic rings. The first-order valence-electron chi connectivity index (χ1n) is 16.3. The van der Waals surface area contributed by atoms with Crippen molar-refractivity contribution in [3.05, 3.63) is 139 Å². The van der Waals surface area contributed by atoms with Crippen LogP contribution in [0.3, 0.4) is 0 Å². The molecule has 224 valence electrons. The van der Waals surface area contributed by atoms with Crippen molar-refractivity contribution in [1.82, 2.24) is 0 Å². The van der Waals surface area contributed by atoms with Crippen LogP contribution >= 0.6 is 22.7 Å². The molecule has 0 radical (unpaired) electrons. The van der Waals surface area contributed by atoms with E-state index in [1.807, 2.05) is 22.7 Å². The van der Waals surface area contributed by atoms with E-state index in [1.54, 1.807) is 0 Å². The molecule has 2 heterocycles. The minimum Gasteiger partial charge on any atom is -0.310 e. The van der Waals surface area contributed by atoms with Gasteiger partial charge in [0.25, 0.3) is 0 Å². The lowest BCUT2D eigenvalue weighted by Gasteiger charge is -2.28. The molecule has 0 unspecified atom stereocenters. The van der Waals surface area contributed by atoms with Gasteiger partial charge in [-0.05, 0) is 92.5 Å². The molecule has 1 nitrogen and oxygen atoms in total. The summed E-state index contributed by atoms with van der Waals surface area (Å²) in [6, 6.07) is 50.3. The standard InChI is InChI=1S/C44H31NS2/c1-44(2,3)36-20-14-26-13-19-33-37(21-15-27-12-18-32(36)42(26)43(27)33)45(28-16-22-40-34(24-28)30-8-4-6-10-38(30)46-40)29-17-23-41-35(25-29)31-9-5-7-11-39(31)47-41/h4-25H,1-3H3. The van der Waals surface area contributed by atoms with E-state index < -0.39 is 0 Å². The zero-order valence-corrected chi connectivity index (χ0v) is 28.1. The number of fused-ring (bicyclic) bond motifs is 6. The predicted octanol–water partition coefficient (Wildman–Crippen LogP) is 14.1. The van der Waals surface area contributed by atoms with E-state index in [0.29, 0.717) is 0 Å². The summed E-state index contributed by atoms with van der Waals surface area (Å²) in [6.45, 7) is 6.96. The fourth-order valence-electron chi connectivity index (χ4n) is 7.77. The van der Waals surface area contributed by atoms with E-state index in [0.717, 1.165) is 0 Å². The number of benzene rings is 8. The molecule has 0 N–H and O–H groups in total. The van der Waals surface area contributed by atoms with Crippen LogP contribution in [-0.2, 0) is 5.41 Å². The molecule has 0 saturated carbocycles. The Morgan fingerprint density at radius 1 is 0.426 bits per heavy atom. The van der Waals surface area contributed by atoms with Crippen LogP contribution in [0.2, 0.25) is 0 Å². The van der Waals surface area contributed by atoms with E-state index >= 15 is 0 Å². The topological polar surface area (TPSA) is 3.24 Å². The summed E-state index contributed by atoms with van der Waals surface area (Å²) in [7, 11) is 0. The van der Waals surface area contributed by atoms with Gasteiger partial charge in [-0.25, -0.2) is 0 Å². The largest absolute Gasteiger partial charge is 0.310 e. The normalized spacial score (nSPS) is 12.6. The second kappa shape index (κ2) is 9.78. The molecule has 0 amide bonds. The Morgan fingerprint density at radius 2 is 0.915 bits per heavy atom. The highest BCUT2D eigenvalue weighted by Crippen LogP contribution is 2.48.